The number of nitrogens with zero attached hydrogens (tertiary/aromatic N) is 1. The SMILES string of the molecule is O=Cc1ccc(Sc2ccc([N+](=O)[O-])cc2)s1. The van der Waals surface area contributed by atoms with Gasteiger partial charge in [-0.1, -0.05) is 11.8 Å². The van der Waals surface area contributed by atoms with Crippen LogP contribution >= 0.6 is 23.1 Å². The lowest BCUT2D eigenvalue weighted by Gasteiger charge is -1.97. The number of benzene rings is 1. The summed E-state index contributed by atoms with van der Waals surface area (Å²) in [4.78, 5) is 22.2. The number of carbonyl (C=O) groups excluding carboxylic acids is 1. The minimum atomic E-state index is -0.427. The second-order valence-corrected chi connectivity index (χ2v) is 5.62. The quantitative estimate of drug-likeness (QED) is 0.481. The first kappa shape index (κ1) is 11.8. The Labute approximate surface area is 105 Å². The monoisotopic (exact) mass is 265 g/mol. The van der Waals surface area contributed by atoms with Gasteiger partial charge in [-0.25, -0.2) is 0 Å². The van der Waals surface area contributed by atoms with Crippen LogP contribution in [0.1, 0.15) is 9.67 Å². The van der Waals surface area contributed by atoms with Crippen molar-refractivity contribution >= 4 is 35.1 Å². The molecule has 17 heavy (non-hydrogen) atoms. The van der Waals surface area contributed by atoms with Crippen molar-refractivity contribution in [3.63, 3.8) is 0 Å². The maximum absolute atomic E-state index is 10.5. The van der Waals surface area contributed by atoms with Gasteiger partial charge in [0, 0.05) is 17.0 Å². The standard InChI is InChI=1S/C11H7NO3S2/c13-7-10-5-6-11(17-10)16-9-3-1-8(2-4-9)12(14)15/h1-7H. The third-order valence-corrected chi connectivity index (χ3v) is 4.13. The van der Waals surface area contributed by atoms with Gasteiger partial charge in [0.05, 0.1) is 14.0 Å². The van der Waals surface area contributed by atoms with Crippen LogP contribution in [0.3, 0.4) is 0 Å². The average Bonchev–Trinajstić information content (AvgIpc) is 2.77. The van der Waals surface area contributed by atoms with Crippen LogP contribution in [0.4, 0.5) is 5.69 Å². The molecular weight excluding hydrogens is 258 g/mol. The van der Waals surface area contributed by atoms with Crippen LogP contribution in [0.5, 0.6) is 0 Å². The summed E-state index contributed by atoms with van der Waals surface area (Å²) < 4.78 is 0.987. The molecule has 0 radical (unpaired) electrons. The van der Waals surface area contributed by atoms with Crippen molar-refractivity contribution in [1.29, 1.82) is 0 Å². The van der Waals surface area contributed by atoms with E-state index in [9.17, 15) is 14.9 Å². The van der Waals surface area contributed by atoms with Gasteiger partial charge in [-0.15, -0.1) is 11.3 Å². The van der Waals surface area contributed by atoms with Gasteiger partial charge in [0.2, 0.25) is 0 Å². The molecule has 0 amide bonds. The Morgan fingerprint density at radius 1 is 1.18 bits per heavy atom. The molecule has 86 valence electrons. The minimum absolute atomic E-state index is 0.0779. The number of carbonyl (C=O) groups is 1. The summed E-state index contributed by atoms with van der Waals surface area (Å²) in [6.45, 7) is 0. The van der Waals surface area contributed by atoms with Gasteiger partial charge < -0.3 is 0 Å². The molecule has 0 saturated carbocycles. The molecule has 0 N–H and O–H groups in total. The predicted molar refractivity (Wildman–Crippen MR) is 66.9 cm³/mol. The third kappa shape index (κ3) is 2.92. The van der Waals surface area contributed by atoms with Crippen LogP contribution in [-0.2, 0) is 0 Å². The van der Waals surface area contributed by atoms with Gasteiger partial charge in [0.15, 0.2) is 6.29 Å². The predicted octanol–water partition coefficient (Wildman–Crippen LogP) is 3.62. The number of non-ortho nitro benzene ring substituents is 1. The van der Waals surface area contributed by atoms with E-state index in [4.69, 9.17) is 0 Å². The van der Waals surface area contributed by atoms with E-state index < -0.39 is 4.92 Å². The summed E-state index contributed by atoms with van der Waals surface area (Å²) in [6.07, 6.45) is 0.810. The normalized spacial score (nSPS) is 10.1. The van der Waals surface area contributed by atoms with E-state index in [2.05, 4.69) is 0 Å². The Morgan fingerprint density at radius 2 is 1.88 bits per heavy atom. The fraction of sp³-hybridized carbons (Fsp3) is 0. The Balaban J connectivity index is 2.13. The zero-order valence-electron chi connectivity index (χ0n) is 8.53. The molecule has 2 aromatic rings. The maximum Gasteiger partial charge on any atom is 0.269 e. The number of nitro groups is 1. The van der Waals surface area contributed by atoms with E-state index in [0.717, 1.165) is 15.4 Å². The first-order chi connectivity index (χ1) is 8.19. The smallest absolute Gasteiger partial charge is 0.269 e. The highest BCUT2D eigenvalue weighted by Gasteiger charge is 2.06. The number of nitro benzene ring substituents is 1. The molecule has 1 aromatic carbocycles. The van der Waals surface area contributed by atoms with Crippen molar-refractivity contribution in [2.45, 2.75) is 9.10 Å². The molecule has 0 aliphatic rings. The van der Waals surface area contributed by atoms with Crippen molar-refractivity contribution in [2.75, 3.05) is 0 Å². The first-order valence-corrected chi connectivity index (χ1v) is 6.29. The van der Waals surface area contributed by atoms with E-state index in [-0.39, 0.29) is 5.69 Å². The number of hydrogen-bond donors (Lipinski definition) is 0. The Kier molecular flexibility index (Phi) is 3.55. The van der Waals surface area contributed by atoms with Crippen molar-refractivity contribution in [3.8, 4) is 0 Å². The molecule has 0 bridgehead atoms. The second-order valence-electron chi connectivity index (χ2n) is 3.13. The molecule has 0 fully saturated rings. The number of rotatable bonds is 4. The van der Waals surface area contributed by atoms with Crippen molar-refractivity contribution in [2.24, 2.45) is 0 Å². The topological polar surface area (TPSA) is 60.2 Å². The van der Waals surface area contributed by atoms with E-state index in [1.54, 1.807) is 18.2 Å². The largest absolute Gasteiger partial charge is 0.297 e. The van der Waals surface area contributed by atoms with Gasteiger partial charge in [-0.3, -0.25) is 14.9 Å². The van der Waals surface area contributed by atoms with E-state index >= 15 is 0 Å². The molecule has 6 heteroatoms. The number of hydrogen-bond acceptors (Lipinski definition) is 5. The van der Waals surface area contributed by atoms with Crippen molar-refractivity contribution in [3.05, 3.63) is 51.4 Å². The van der Waals surface area contributed by atoms with Crippen LogP contribution in [0, 0.1) is 10.1 Å². The molecule has 0 aliphatic heterocycles. The highest BCUT2D eigenvalue weighted by atomic mass is 32.2. The van der Waals surface area contributed by atoms with Crippen LogP contribution in [0.15, 0.2) is 45.5 Å². The van der Waals surface area contributed by atoms with Gasteiger partial charge >= 0.3 is 0 Å². The fourth-order valence-corrected chi connectivity index (χ4v) is 3.14. The Hall–Kier alpha value is -1.66. The Morgan fingerprint density at radius 3 is 2.41 bits per heavy atom. The molecule has 1 aromatic heterocycles. The van der Waals surface area contributed by atoms with Crippen LogP contribution in [0.2, 0.25) is 0 Å². The highest BCUT2D eigenvalue weighted by molar-refractivity contribution is 8.01. The van der Waals surface area contributed by atoms with Crippen LogP contribution in [-0.4, -0.2) is 11.2 Å². The molecule has 0 spiro atoms. The molecule has 4 nitrogen and oxygen atoms in total. The lowest BCUT2D eigenvalue weighted by atomic mass is 10.3. The second kappa shape index (κ2) is 5.11. The average molecular weight is 265 g/mol. The van der Waals surface area contributed by atoms with Gasteiger partial charge in [-0.2, -0.15) is 0 Å². The number of thiophene rings is 1. The maximum atomic E-state index is 10.5. The molecule has 0 unspecified atom stereocenters. The summed E-state index contributed by atoms with van der Waals surface area (Å²) in [5.41, 5.74) is 0.0779. The lowest BCUT2D eigenvalue weighted by Crippen LogP contribution is -1.86. The summed E-state index contributed by atoms with van der Waals surface area (Å²) >= 11 is 2.88. The lowest BCUT2D eigenvalue weighted by molar-refractivity contribution is -0.384. The summed E-state index contributed by atoms with van der Waals surface area (Å²) in [5, 5.41) is 10.5. The van der Waals surface area contributed by atoms with Crippen LogP contribution < -0.4 is 0 Å². The fourth-order valence-electron chi connectivity index (χ4n) is 1.20. The number of aldehydes is 1. The van der Waals surface area contributed by atoms with E-state index in [0.29, 0.717) is 4.88 Å². The molecule has 0 saturated heterocycles. The van der Waals surface area contributed by atoms with Crippen LogP contribution in [0.25, 0.3) is 0 Å². The molecular formula is C11H7NO3S2. The van der Waals surface area contributed by atoms with Gasteiger partial charge in [0.25, 0.3) is 5.69 Å². The van der Waals surface area contributed by atoms with Crippen molar-refractivity contribution < 1.29 is 9.72 Å². The summed E-state index contributed by atoms with van der Waals surface area (Å²) in [7, 11) is 0. The Bertz CT molecular complexity index is 548. The van der Waals surface area contributed by atoms with Gasteiger partial charge in [-0.05, 0) is 24.3 Å². The van der Waals surface area contributed by atoms with E-state index in [1.165, 1.54) is 35.2 Å². The van der Waals surface area contributed by atoms with Gasteiger partial charge in [0.1, 0.15) is 0 Å². The molecule has 2 rings (SSSR count). The minimum Gasteiger partial charge on any atom is -0.297 e. The summed E-state index contributed by atoms with van der Waals surface area (Å²) in [5.74, 6) is 0. The zero-order valence-corrected chi connectivity index (χ0v) is 10.2. The molecule has 1 heterocycles. The zero-order chi connectivity index (χ0) is 12.3. The molecule has 0 aliphatic carbocycles. The highest BCUT2D eigenvalue weighted by Crippen LogP contribution is 2.33. The first-order valence-electron chi connectivity index (χ1n) is 4.66. The molecule has 0 atom stereocenters. The van der Waals surface area contributed by atoms with E-state index in [1.807, 2.05) is 6.07 Å². The van der Waals surface area contributed by atoms with Crippen molar-refractivity contribution in [1.82, 2.24) is 0 Å². The summed E-state index contributed by atoms with van der Waals surface area (Å²) in [6, 6.07) is 9.95. The third-order valence-electron chi connectivity index (χ3n) is 1.98.